The summed E-state index contributed by atoms with van der Waals surface area (Å²) < 4.78 is 23.3. The van der Waals surface area contributed by atoms with E-state index in [9.17, 15) is 4.39 Å². The van der Waals surface area contributed by atoms with E-state index in [1.54, 1.807) is 6.07 Å². The van der Waals surface area contributed by atoms with Crippen LogP contribution >= 0.6 is 11.6 Å². The van der Waals surface area contributed by atoms with Crippen LogP contribution in [0.3, 0.4) is 0 Å². The Morgan fingerprint density at radius 1 is 1.50 bits per heavy atom. The molecule has 0 bridgehead atoms. The fraction of sp³-hybridized carbons (Fsp3) is 0.100. The number of hydrogen-bond donors (Lipinski definition) is 1. The zero-order chi connectivity index (χ0) is 11.7. The largest absolute Gasteiger partial charge is 0.495 e. The summed E-state index contributed by atoms with van der Waals surface area (Å²) in [7, 11) is 1.41. The molecule has 0 fully saturated rings. The highest BCUT2D eigenvalue weighted by Crippen LogP contribution is 2.34. The van der Waals surface area contributed by atoms with Crippen molar-refractivity contribution in [3.63, 3.8) is 0 Å². The number of nitrogens with two attached hydrogens (primary N) is 1. The molecule has 1 heterocycles. The van der Waals surface area contributed by atoms with Crippen LogP contribution in [0.15, 0.2) is 22.7 Å². The maximum Gasteiger partial charge on any atom is 0.222 e. The monoisotopic (exact) mass is 242 g/mol. The number of benzene rings is 1. The van der Waals surface area contributed by atoms with Gasteiger partial charge in [0.15, 0.2) is 5.82 Å². The lowest BCUT2D eigenvalue weighted by Gasteiger charge is -2.05. The summed E-state index contributed by atoms with van der Waals surface area (Å²) in [6, 6.07) is 4.46. The molecule has 2 rings (SSSR count). The number of halogens is 2. The lowest BCUT2D eigenvalue weighted by Crippen LogP contribution is -1.90. The van der Waals surface area contributed by atoms with Crippen molar-refractivity contribution in [3.05, 3.63) is 29.0 Å². The first-order chi connectivity index (χ1) is 7.63. The minimum Gasteiger partial charge on any atom is -0.495 e. The third-order valence-corrected chi connectivity index (χ3v) is 2.42. The molecular weight excluding hydrogens is 235 g/mol. The number of aromatic nitrogens is 1. The summed E-state index contributed by atoms with van der Waals surface area (Å²) in [5.74, 6) is -0.241. The van der Waals surface area contributed by atoms with Crippen molar-refractivity contribution in [2.45, 2.75) is 0 Å². The molecule has 0 amide bonds. The molecule has 0 atom stereocenters. The van der Waals surface area contributed by atoms with Crippen LogP contribution in [0.4, 0.5) is 10.3 Å². The Balaban J connectivity index is 2.55. The minimum absolute atomic E-state index is 0.0958. The average Bonchev–Trinajstić information content (AvgIpc) is 2.69. The molecule has 2 aromatic rings. The molecule has 4 nitrogen and oxygen atoms in total. The van der Waals surface area contributed by atoms with E-state index < -0.39 is 5.82 Å². The van der Waals surface area contributed by atoms with E-state index in [-0.39, 0.29) is 22.2 Å². The Morgan fingerprint density at radius 3 is 2.81 bits per heavy atom. The molecule has 0 aliphatic heterocycles. The molecule has 6 heteroatoms. The van der Waals surface area contributed by atoms with Crippen molar-refractivity contribution in [2.75, 3.05) is 12.8 Å². The molecule has 0 aliphatic carbocycles. The Labute approximate surface area is 95.7 Å². The topological polar surface area (TPSA) is 61.3 Å². The Hall–Kier alpha value is -1.75. The van der Waals surface area contributed by atoms with Crippen LogP contribution in [0.2, 0.25) is 5.02 Å². The van der Waals surface area contributed by atoms with Crippen LogP contribution < -0.4 is 10.5 Å². The first kappa shape index (κ1) is 10.8. The van der Waals surface area contributed by atoms with Gasteiger partial charge in [-0.3, -0.25) is 0 Å². The second-order valence-electron chi connectivity index (χ2n) is 3.06. The van der Waals surface area contributed by atoms with Gasteiger partial charge in [-0.15, -0.1) is 0 Å². The van der Waals surface area contributed by atoms with Gasteiger partial charge in [0.1, 0.15) is 16.5 Å². The molecule has 0 unspecified atom stereocenters. The van der Waals surface area contributed by atoms with Crippen molar-refractivity contribution in [2.24, 2.45) is 0 Å². The third-order valence-electron chi connectivity index (χ3n) is 2.07. The fourth-order valence-corrected chi connectivity index (χ4v) is 1.55. The molecule has 0 saturated carbocycles. The predicted octanol–water partition coefficient (Wildman–Crippen LogP) is 2.72. The number of methoxy groups -OCH3 is 1. The van der Waals surface area contributed by atoms with Crippen molar-refractivity contribution < 1.29 is 13.7 Å². The first-order valence-corrected chi connectivity index (χ1v) is 4.76. The number of hydrogen-bond acceptors (Lipinski definition) is 4. The summed E-state index contributed by atoms with van der Waals surface area (Å²) in [6.07, 6.45) is 0. The van der Waals surface area contributed by atoms with Crippen LogP contribution in [0.1, 0.15) is 0 Å². The van der Waals surface area contributed by atoms with Crippen molar-refractivity contribution in [3.8, 4) is 17.0 Å². The molecule has 0 radical (unpaired) electrons. The van der Waals surface area contributed by atoms with Gasteiger partial charge in [-0.2, -0.15) is 0 Å². The maximum absolute atomic E-state index is 13.8. The second-order valence-corrected chi connectivity index (χ2v) is 3.44. The summed E-state index contributed by atoms with van der Waals surface area (Å²) in [6.45, 7) is 0. The van der Waals surface area contributed by atoms with Crippen LogP contribution in [0.5, 0.6) is 5.75 Å². The van der Waals surface area contributed by atoms with Crippen molar-refractivity contribution in [1.29, 1.82) is 0 Å². The first-order valence-electron chi connectivity index (χ1n) is 4.38. The van der Waals surface area contributed by atoms with Crippen molar-refractivity contribution >= 4 is 17.5 Å². The molecule has 1 aromatic heterocycles. The average molecular weight is 243 g/mol. The van der Waals surface area contributed by atoms with Gasteiger partial charge in [0, 0.05) is 11.6 Å². The van der Waals surface area contributed by atoms with E-state index in [1.165, 1.54) is 19.2 Å². The molecule has 84 valence electrons. The van der Waals surface area contributed by atoms with Crippen LogP contribution in [-0.2, 0) is 0 Å². The summed E-state index contributed by atoms with van der Waals surface area (Å²) in [5.41, 5.74) is 5.86. The summed E-state index contributed by atoms with van der Waals surface area (Å²) in [4.78, 5) is 0. The number of nitrogen functional groups attached to an aromatic ring is 1. The highest BCUT2D eigenvalue weighted by atomic mass is 35.5. The highest BCUT2D eigenvalue weighted by Gasteiger charge is 2.16. The molecular formula is C10H8ClFN2O2. The van der Waals surface area contributed by atoms with Crippen LogP contribution in [-0.4, -0.2) is 12.3 Å². The number of rotatable bonds is 2. The lowest BCUT2D eigenvalue weighted by atomic mass is 10.1. The van der Waals surface area contributed by atoms with Gasteiger partial charge in [0.25, 0.3) is 0 Å². The summed E-state index contributed by atoms with van der Waals surface area (Å²) >= 11 is 5.77. The second kappa shape index (κ2) is 4.02. The van der Waals surface area contributed by atoms with Crippen LogP contribution in [0.25, 0.3) is 11.3 Å². The lowest BCUT2D eigenvalue weighted by molar-refractivity contribution is 0.411. The van der Waals surface area contributed by atoms with E-state index >= 15 is 0 Å². The molecule has 0 aliphatic rings. The zero-order valence-corrected chi connectivity index (χ0v) is 9.08. The Morgan fingerprint density at radius 2 is 2.25 bits per heavy atom. The smallest absolute Gasteiger partial charge is 0.222 e. The minimum atomic E-state index is -0.616. The van der Waals surface area contributed by atoms with Gasteiger partial charge in [-0.1, -0.05) is 16.8 Å². The van der Waals surface area contributed by atoms with Gasteiger partial charge in [0.2, 0.25) is 5.88 Å². The quantitative estimate of drug-likeness (QED) is 0.880. The van der Waals surface area contributed by atoms with Crippen molar-refractivity contribution in [1.82, 2.24) is 5.16 Å². The molecule has 0 saturated heterocycles. The van der Waals surface area contributed by atoms with E-state index in [1.807, 2.05) is 0 Å². The fourth-order valence-electron chi connectivity index (χ4n) is 1.30. The van der Waals surface area contributed by atoms with E-state index in [0.717, 1.165) is 0 Å². The predicted molar refractivity (Wildman–Crippen MR) is 57.9 cm³/mol. The Bertz CT molecular complexity index is 528. The highest BCUT2D eigenvalue weighted by molar-refractivity contribution is 6.32. The molecule has 0 spiro atoms. The van der Waals surface area contributed by atoms with Gasteiger partial charge < -0.3 is 15.0 Å². The van der Waals surface area contributed by atoms with E-state index in [4.69, 9.17) is 22.1 Å². The Kier molecular flexibility index (Phi) is 2.70. The summed E-state index contributed by atoms with van der Waals surface area (Å²) in [5, 5.41) is 3.51. The maximum atomic E-state index is 13.8. The SMILES string of the molecule is COc1ccc(-c2cc(N)on2)c(F)c1Cl. The third kappa shape index (κ3) is 1.69. The number of ether oxygens (including phenoxy) is 1. The zero-order valence-electron chi connectivity index (χ0n) is 8.33. The number of nitrogens with zero attached hydrogens (tertiary/aromatic N) is 1. The van der Waals surface area contributed by atoms with Gasteiger partial charge in [-0.25, -0.2) is 4.39 Å². The van der Waals surface area contributed by atoms with Gasteiger partial charge in [0.05, 0.1) is 7.11 Å². The van der Waals surface area contributed by atoms with Gasteiger partial charge in [-0.05, 0) is 12.1 Å². The van der Waals surface area contributed by atoms with E-state index in [2.05, 4.69) is 9.68 Å². The van der Waals surface area contributed by atoms with Crippen LogP contribution in [0, 0.1) is 5.82 Å². The molecule has 16 heavy (non-hydrogen) atoms. The van der Waals surface area contributed by atoms with E-state index in [0.29, 0.717) is 5.69 Å². The standard InChI is InChI=1S/C10H8ClFN2O2/c1-15-7-3-2-5(10(12)9(7)11)6-4-8(13)16-14-6/h2-4H,13H2,1H3. The molecule has 2 N–H and O–H groups in total. The van der Waals surface area contributed by atoms with Gasteiger partial charge >= 0.3 is 0 Å². The normalized spacial score (nSPS) is 10.4. The molecule has 1 aromatic carbocycles. The number of anilines is 1.